The van der Waals surface area contributed by atoms with Gasteiger partial charge in [0.05, 0.1) is 0 Å². The van der Waals surface area contributed by atoms with Crippen LogP contribution >= 0.6 is 0 Å². The van der Waals surface area contributed by atoms with Crippen molar-refractivity contribution in [2.45, 2.75) is 0 Å². The normalized spacial score (nSPS) is 10.1. The van der Waals surface area contributed by atoms with Gasteiger partial charge >= 0.3 is 5.78 Å². The zero-order valence-corrected chi connectivity index (χ0v) is 9.25. The predicted octanol–water partition coefficient (Wildman–Crippen LogP) is 3.43. The van der Waals surface area contributed by atoms with E-state index in [1.165, 1.54) is 0 Å². The minimum atomic E-state index is 0.229. The van der Waals surface area contributed by atoms with E-state index in [1.807, 2.05) is 30.3 Å². The lowest BCUT2D eigenvalue weighted by molar-refractivity contribution is 1.22. The van der Waals surface area contributed by atoms with E-state index in [2.05, 4.69) is 19.7 Å². The minimum absolute atomic E-state index is 0.229. The smallest absolute Gasteiger partial charge is 0.360 e. The molecule has 18 heavy (non-hydrogen) atoms. The van der Waals surface area contributed by atoms with Gasteiger partial charge in [0.25, 0.3) is 11.6 Å². The Balaban J connectivity index is 2.23. The summed E-state index contributed by atoms with van der Waals surface area (Å²) in [5.41, 5.74) is 1.76. The molecule has 2 heterocycles. The molecule has 3 rings (SSSR count). The number of H-pyrrole nitrogens is 1. The van der Waals surface area contributed by atoms with Gasteiger partial charge in [0.15, 0.2) is 0 Å². The summed E-state index contributed by atoms with van der Waals surface area (Å²) < 4.78 is 1.61. The Labute approximate surface area is 103 Å². The van der Waals surface area contributed by atoms with Crippen LogP contribution in [0.2, 0.25) is 0 Å². The Morgan fingerprint density at radius 1 is 1.11 bits per heavy atom. The molecule has 0 aliphatic carbocycles. The van der Waals surface area contributed by atoms with Crippen LogP contribution in [-0.2, 0) is 0 Å². The number of fused-ring (bicyclic) bond motifs is 1. The quantitative estimate of drug-likeness (QED) is 0.643. The van der Waals surface area contributed by atoms with Gasteiger partial charge in [-0.25, -0.2) is 4.40 Å². The van der Waals surface area contributed by atoms with Gasteiger partial charge in [-0.15, -0.1) is 0 Å². The molecule has 1 N–H and O–H groups in total. The highest BCUT2D eigenvalue weighted by molar-refractivity contribution is 5.71. The van der Waals surface area contributed by atoms with E-state index in [4.69, 9.17) is 13.1 Å². The van der Waals surface area contributed by atoms with E-state index in [0.717, 1.165) is 11.3 Å². The molecule has 0 radical (unpaired) electrons. The summed E-state index contributed by atoms with van der Waals surface area (Å²) in [7, 11) is 0. The van der Waals surface area contributed by atoms with Crippen LogP contribution in [0, 0.1) is 13.1 Å². The van der Waals surface area contributed by atoms with Crippen LogP contribution in [0.3, 0.4) is 0 Å². The third-order valence-electron chi connectivity index (χ3n) is 2.66. The Bertz CT molecular complexity index is 796. The van der Waals surface area contributed by atoms with Gasteiger partial charge in [-0.1, -0.05) is 43.5 Å². The van der Waals surface area contributed by atoms with Gasteiger partial charge in [-0.2, -0.15) is 4.98 Å². The molecule has 0 atom stereocenters. The second-order valence-electron chi connectivity index (χ2n) is 3.71. The molecule has 0 aliphatic heterocycles. The maximum Gasteiger partial charge on any atom is 0.360 e. The lowest BCUT2D eigenvalue weighted by Crippen LogP contribution is -1.75. The van der Waals surface area contributed by atoms with Crippen molar-refractivity contribution in [2.24, 2.45) is 0 Å². The summed E-state index contributed by atoms with van der Waals surface area (Å²) in [5, 5.41) is 0. The van der Waals surface area contributed by atoms with E-state index in [9.17, 15) is 0 Å². The van der Waals surface area contributed by atoms with E-state index >= 15 is 0 Å². The molecular formula is C13H7N5. The third-order valence-corrected chi connectivity index (χ3v) is 2.66. The number of aromatic amines is 1. The number of nitrogens with one attached hydrogen (secondary N) is 1. The standard InChI is InChI=1S/C13H7N5/c1-14-11-12(15-2)18-8-10(16-13(18)17-11)9-6-4-3-5-7-9/h3-8H,(H,16,17). The van der Waals surface area contributed by atoms with Crippen LogP contribution in [0.25, 0.3) is 26.7 Å². The lowest BCUT2D eigenvalue weighted by atomic mass is 10.2. The molecule has 5 nitrogen and oxygen atoms in total. The van der Waals surface area contributed by atoms with E-state index in [1.54, 1.807) is 10.6 Å². The second-order valence-corrected chi connectivity index (χ2v) is 3.71. The number of aromatic nitrogens is 3. The Morgan fingerprint density at radius 3 is 2.56 bits per heavy atom. The molecule has 0 amide bonds. The zero-order chi connectivity index (χ0) is 12.5. The molecule has 0 saturated heterocycles. The van der Waals surface area contributed by atoms with Gasteiger partial charge in [-0.3, -0.25) is 4.98 Å². The van der Waals surface area contributed by atoms with Gasteiger partial charge in [0.2, 0.25) is 0 Å². The van der Waals surface area contributed by atoms with Gasteiger partial charge in [-0.05, 0) is 0 Å². The van der Waals surface area contributed by atoms with Gasteiger partial charge in [0, 0.05) is 5.56 Å². The number of nitrogens with zero attached hydrogens (tertiary/aromatic N) is 4. The molecule has 0 saturated carbocycles. The summed E-state index contributed by atoms with van der Waals surface area (Å²) in [6.07, 6.45) is 1.77. The molecule has 84 valence electrons. The van der Waals surface area contributed by atoms with Crippen molar-refractivity contribution in [1.29, 1.82) is 0 Å². The second kappa shape index (κ2) is 3.76. The molecular weight excluding hydrogens is 226 g/mol. The van der Waals surface area contributed by atoms with Crippen molar-refractivity contribution < 1.29 is 0 Å². The monoisotopic (exact) mass is 233 g/mol. The Hall–Kier alpha value is -3.05. The topological polar surface area (TPSA) is 41.8 Å². The van der Waals surface area contributed by atoms with Crippen molar-refractivity contribution >= 4 is 17.4 Å². The minimum Gasteiger partial charge on any atom is -0.373 e. The fraction of sp³-hybridized carbons (Fsp3) is 0. The van der Waals surface area contributed by atoms with Crippen molar-refractivity contribution in [2.75, 3.05) is 0 Å². The van der Waals surface area contributed by atoms with Crippen LogP contribution in [0.15, 0.2) is 36.5 Å². The number of hydrogen-bond acceptors (Lipinski definition) is 1. The van der Waals surface area contributed by atoms with E-state index in [0.29, 0.717) is 5.78 Å². The first-order valence-corrected chi connectivity index (χ1v) is 5.25. The average molecular weight is 233 g/mol. The van der Waals surface area contributed by atoms with E-state index in [-0.39, 0.29) is 11.6 Å². The van der Waals surface area contributed by atoms with Crippen LogP contribution in [-0.4, -0.2) is 14.4 Å². The summed E-state index contributed by atoms with van der Waals surface area (Å²) in [6, 6.07) is 9.71. The van der Waals surface area contributed by atoms with Crippen molar-refractivity contribution in [3.63, 3.8) is 0 Å². The lowest BCUT2D eigenvalue weighted by Gasteiger charge is -1.92. The number of hydrogen-bond donors (Lipinski definition) is 1. The summed E-state index contributed by atoms with van der Waals surface area (Å²) >= 11 is 0. The van der Waals surface area contributed by atoms with Gasteiger partial charge in [0.1, 0.15) is 11.9 Å². The molecule has 0 fully saturated rings. The molecule has 0 bridgehead atoms. The first-order valence-electron chi connectivity index (χ1n) is 5.25. The molecule has 1 aromatic carbocycles. The fourth-order valence-corrected chi connectivity index (χ4v) is 1.84. The number of rotatable bonds is 1. The first-order chi connectivity index (χ1) is 8.83. The molecule has 0 unspecified atom stereocenters. The highest BCUT2D eigenvalue weighted by Gasteiger charge is 2.17. The zero-order valence-electron chi connectivity index (χ0n) is 9.25. The highest BCUT2D eigenvalue weighted by atomic mass is 15.2. The van der Waals surface area contributed by atoms with Crippen molar-refractivity contribution in [3.05, 3.63) is 59.4 Å². The van der Waals surface area contributed by atoms with Crippen molar-refractivity contribution in [3.8, 4) is 11.3 Å². The highest BCUT2D eigenvalue weighted by Crippen LogP contribution is 2.30. The Kier molecular flexibility index (Phi) is 2.11. The van der Waals surface area contributed by atoms with Crippen LogP contribution in [0.1, 0.15) is 0 Å². The molecule has 5 heteroatoms. The van der Waals surface area contributed by atoms with Crippen LogP contribution < -0.4 is 0 Å². The van der Waals surface area contributed by atoms with Crippen molar-refractivity contribution in [1.82, 2.24) is 14.4 Å². The summed E-state index contributed by atoms with van der Waals surface area (Å²) in [6.45, 7) is 14.1. The predicted molar refractivity (Wildman–Crippen MR) is 67.5 cm³/mol. The van der Waals surface area contributed by atoms with E-state index < -0.39 is 0 Å². The number of imidazole rings is 2. The van der Waals surface area contributed by atoms with Crippen LogP contribution in [0.4, 0.5) is 11.6 Å². The molecule has 0 spiro atoms. The Morgan fingerprint density at radius 2 is 1.89 bits per heavy atom. The average Bonchev–Trinajstić information content (AvgIpc) is 2.96. The first kappa shape index (κ1) is 10.1. The molecule has 2 aromatic heterocycles. The fourth-order valence-electron chi connectivity index (χ4n) is 1.84. The SMILES string of the molecule is [C-]#[N+]c1[nH]c2nc(-c3ccccc3)cn2c1[N+]#[C-]. The maximum absolute atomic E-state index is 7.11. The molecule has 3 aromatic rings. The number of benzene rings is 1. The largest absolute Gasteiger partial charge is 0.373 e. The summed E-state index contributed by atoms with van der Waals surface area (Å²) in [4.78, 5) is 13.9. The maximum atomic E-state index is 7.11. The molecule has 0 aliphatic rings. The van der Waals surface area contributed by atoms with Gasteiger partial charge < -0.3 is 9.69 Å². The summed E-state index contributed by atoms with van der Waals surface area (Å²) in [5.74, 6) is 1.02. The third kappa shape index (κ3) is 1.35. The van der Waals surface area contributed by atoms with Crippen LogP contribution in [0.5, 0.6) is 0 Å².